The fourth-order valence-corrected chi connectivity index (χ4v) is 3.15. The molecule has 0 bridgehead atoms. The van der Waals surface area contributed by atoms with E-state index in [9.17, 15) is 0 Å². The highest BCUT2D eigenvalue weighted by molar-refractivity contribution is 6.30. The van der Waals surface area contributed by atoms with Crippen molar-refractivity contribution in [2.75, 3.05) is 0 Å². The van der Waals surface area contributed by atoms with Crippen LogP contribution in [-0.4, -0.2) is 29.4 Å². The lowest BCUT2D eigenvalue weighted by molar-refractivity contribution is 0.876. The van der Waals surface area contributed by atoms with Crippen LogP contribution in [0.15, 0.2) is 61.1 Å². The number of benzene rings is 2. The minimum atomic E-state index is 0.625. The van der Waals surface area contributed by atoms with E-state index in [0.29, 0.717) is 10.8 Å². The van der Waals surface area contributed by atoms with E-state index < -0.39 is 0 Å². The average Bonchev–Trinajstić information content (AvgIpc) is 3.26. The fourth-order valence-electron chi connectivity index (χ4n) is 3.02. The fraction of sp³-hybridized carbons (Fsp3) is 0.0526. The molecule has 26 heavy (non-hydrogen) atoms. The highest BCUT2D eigenvalue weighted by Crippen LogP contribution is 2.24. The summed E-state index contributed by atoms with van der Waals surface area (Å²) in [5.74, 6) is 0.625. The van der Waals surface area contributed by atoms with Gasteiger partial charge in [-0.2, -0.15) is 5.10 Å². The molecule has 6 nitrogen and oxygen atoms in total. The second-order valence-corrected chi connectivity index (χ2v) is 6.47. The normalized spacial score (nSPS) is 11.5. The van der Waals surface area contributed by atoms with Crippen molar-refractivity contribution in [3.8, 4) is 17.1 Å². The number of aryl methyl sites for hydroxylation is 1. The summed E-state index contributed by atoms with van der Waals surface area (Å²) in [6.07, 6.45) is 3.45. The molecular formula is C19H13ClN6. The van der Waals surface area contributed by atoms with Crippen LogP contribution in [0.2, 0.25) is 5.02 Å². The summed E-state index contributed by atoms with van der Waals surface area (Å²) in [6.45, 7) is 2.05. The lowest BCUT2D eigenvalue weighted by Gasteiger charge is -2.05. The zero-order chi connectivity index (χ0) is 17.7. The van der Waals surface area contributed by atoms with Crippen LogP contribution < -0.4 is 0 Å². The maximum absolute atomic E-state index is 5.96. The Labute approximate surface area is 153 Å². The lowest BCUT2D eigenvalue weighted by Crippen LogP contribution is -2.00. The first-order valence-electron chi connectivity index (χ1n) is 8.12. The van der Waals surface area contributed by atoms with E-state index in [2.05, 4.69) is 33.2 Å². The van der Waals surface area contributed by atoms with Gasteiger partial charge >= 0.3 is 0 Å². The maximum atomic E-state index is 5.96. The Morgan fingerprint density at radius 2 is 1.77 bits per heavy atom. The van der Waals surface area contributed by atoms with Gasteiger partial charge in [-0.3, -0.25) is 0 Å². The maximum Gasteiger partial charge on any atom is 0.182 e. The van der Waals surface area contributed by atoms with E-state index in [4.69, 9.17) is 11.6 Å². The van der Waals surface area contributed by atoms with Crippen molar-refractivity contribution in [2.45, 2.75) is 6.92 Å². The molecule has 0 aliphatic carbocycles. The zero-order valence-electron chi connectivity index (χ0n) is 13.8. The molecule has 0 atom stereocenters. The second-order valence-electron chi connectivity index (χ2n) is 6.04. The Morgan fingerprint density at radius 3 is 2.58 bits per heavy atom. The van der Waals surface area contributed by atoms with Crippen molar-refractivity contribution < 1.29 is 0 Å². The summed E-state index contributed by atoms with van der Waals surface area (Å²) in [5.41, 5.74) is 4.50. The number of rotatable bonds is 2. The second kappa shape index (κ2) is 5.64. The largest absolute Gasteiger partial charge is 0.216 e. The van der Waals surface area contributed by atoms with E-state index in [0.717, 1.165) is 33.5 Å². The Bertz CT molecular complexity index is 1250. The molecule has 0 saturated heterocycles. The molecule has 2 aromatic carbocycles. The molecule has 3 heterocycles. The van der Waals surface area contributed by atoms with Crippen LogP contribution in [0, 0.1) is 6.92 Å². The number of hydrogen-bond acceptors (Lipinski definition) is 4. The topological polar surface area (TPSA) is 60.9 Å². The summed E-state index contributed by atoms with van der Waals surface area (Å²) in [6, 6.07) is 15.5. The number of hydrogen-bond donors (Lipinski definition) is 0. The number of nitrogens with zero attached hydrogens (tertiary/aromatic N) is 6. The minimum absolute atomic E-state index is 0.625. The Balaban J connectivity index is 1.71. The van der Waals surface area contributed by atoms with Crippen LogP contribution in [0.1, 0.15) is 5.56 Å². The van der Waals surface area contributed by atoms with Gasteiger partial charge in [0.2, 0.25) is 0 Å². The third-order valence-electron chi connectivity index (χ3n) is 4.35. The first-order valence-corrected chi connectivity index (χ1v) is 8.49. The molecule has 7 heteroatoms. The monoisotopic (exact) mass is 360 g/mol. The van der Waals surface area contributed by atoms with Crippen molar-refractivity contribution >= 4 is 28.3 Å². The van der Waals surface area contributed by atoms with Gasteiger partial charge in [0.05, 0.1) is 17.3 Å². The Morgan fingerprint density at radius 1 is 0.962 bits per heavy atom. The Hall–Kier alpha value is -3.25. The van der Waals surface area contributed by atoms with Crippen LogP contribution in [0.5, 0.6) is 0 Å². The van der Waals surface area contributed by atoms with E-state index in [1.807, 2.05) is 47.1 Å². The molecule has 5 rings (SSSR count). The lowest BCUT2D eigenvalue weighted by atomic mass is 10.2. The minimum Gasteiger partial charge on any atom is -0.216 e. The van der Waals surface area contributed by atoms with E-state index >= 15 is 0 Å². The number of fused-ring (bicyclic) bond motifs is 3. The van der Waals surface area contributed by atoms with Crippen molar-refractivity contribution in [1.29, 1.82) is 0 Å². The summed E-state index contributed by atoms with van der Waals surface area (Å²) in [4.78, 5) is 9.23. The van der Waals surface area contributed by atoms with Gasteiger partial charge < -0.3 is 0 Å². The van der Waals surface area contributed by atoms with Gasteiger partial charge in [-0.1, -0.05) is 29.8 Å². The number of halogens is 1. The molecule has 0 radical (unpaired) electrons. The van der Waals surface area contributed by atoms with Crippen molar-refractivity contribution in [2.24, 2.45) is 0 Å². The molecular weight excluding hydrogens is 348 g/mol. The van der Waals surface area contributed by atoms with Crippen LogP contribution in [0.4, 0.5) is 0 Å². The van der Waals surface area contributed by atoms with Gasteiger partial charge in [-0.15, -0.1) is 5.10 Å². The summed E-state index contributed by atoms with van der Waals surface area (Å²) < 4.78 is 3.51. The van der Waals surface area contributed by atoms with Gasteiger partial charge in [-0.05, 0) is 42.8 Å². The molecule has 0 amide bonds. The first-order chi connectivity index (χ1) is 12.7. The van der Waals surface area contributed by atoms with Gasteiger partial charge in [-0.25, -0.2) is 19.2 Å². The molecule has 0 spiro atoms. The van der Waals surface area contributed by atoms with Gasteiger partial charge in [0.25, 0.3) is 0 Å². The molecule has 0 N–H and O–H groups in total. The van der Waals surface area contributed by atoms with E-state index in [1.54, 1.807) is 17.0 Å². The van der Waals surface area contributed by atoms with Crippen LogP contribution in [0.3, 0.4) is 0 Å². The molecule has 126 valence electrons. The van der Waals surface area contributed by atoms with Gasteiger partial charge in [0.1, 0.15) is 6.33 Å². The molecule has 0 aliphatic heterocycles. The average molecular weight is 361 g/mol. The smallest absolute Gasteiger partial charge is 0.182 e. The van der Waals surface area contributed by atoms with Gasteiger partial charge in [0.15, 0.2) is 17.1 Å². The van der Waals surface area contributed by atoms with Crippen molar-refractivity contribution in [3.63, 3.8) is 0 Å². The SMILES string of the molecule is Cc1ccccc1-n1ncc2c1ncn1nc(-c3ccc(Cl)cc3)nc21. The molecule has 0 unspecified atom stereocenters. The number of aromatic nitrogens is 6. The summed E-state index contributed by atoms with van der Waals surface area (Å²) in [5, 5.41) is 10.6. The standard InChI is InChI=1S/C19H13ClN6/c1-12-4-2-3-5-16(12)26-18-15(10-22-26)19-23-17(24-25(19)11-21-18)13-6-8-14(20)9-7-13/h2-11H,1H3. The predicted molar refractivity (Wildman–Crippen MR) is 101 cm³/mol. The van der Waals surface area contributed by atoms with Crippen LogP contribution in [0.25, 0.3) is 33.8 Å². The van der Waals surface area contributed by atoms with Gasteiger partial charge in [0, 0.05) is 10.6 Å². The highest BCUT2D eigenvalue weighted by Gasteiger charge is 2.15. The molecule has 5 aromatic rings. The van der Waals surface area contributed by atoms with Crippen LogP contribution in [-0.2, 0) is 0 Å². The number of para-hydroxylation sites is 1. The Kier molecular flexibility index (Phi) is 3.26. The third kappa shape index (κ3) is 2.27. The third-order valence-corrected chi connectivity index (χ3v) is 4.60. The molecule has 3 aromatic heterocycles. The van der Waals surface area contributed by atoms with Crippen LogP contribution >= 0.6 is 11.6 Å². The zero-order valence-corrected chi connectivity index (χ0v) is 14.6. The molecule has 0 aliphatic rings. The van der Waals surface area contributed by atoms with Crippen molar-refractivity contribution in [1.82, 2.24) is 29.4 Å². The summed E-state index contributed by atoms with van der Waals surface area (Å²) in [7, 11) is 0. The predicted octanol–water partition coefficient (Wildman–Crippen LogP) is 4.09. The first kappa shape index (κ1) is 15.0. The van der Waals surface area contributed by atoms with E-state index in [-0.39, 0.29) is 0 Å². The van der Waals surface area contributed by atoms with Crippen molar-refractivity contribution in [3.05, 3.63) is 71.6 Å². The summed E-state index contributed by atoms with van der Waals surface area (Å²) >= 11 is 5.96. The molecule has 0 saturated carbocycles. The van der Waals surface area contributed by atoms with E-state index in [1.165, 1.54) is 0 Å². The highest BCUT2D eigenvalue weighted by atomic mass is 35.5. The molecule has 0 fully saturated rings. The quantitative estimate of drug-likeness (QED) is 0.475.